The molecular formula is C12H16NO2. The van der Waals surface area contributed by atoms with Gasteiger partial charge in [-0.3, -0.25) is 0 Å². The van der Waals surface area contributed by atoms with Gasteiger partial charge in [0, 0.05) is 0 Å². The van der Waals surface area contributed by atoms with Crippen molar-refractivity contribution in [1.82, 2.24) is 0 Å². The third kappa shape index (κ3) is 3.20. The highest BCUT2D eigenvalue weighted by atomic mass is 16.5. The fourth-order valence-electron chi connectivity index (χ4n) is 1.25. The van der Waals surface area contributed by atoms with Gasteiger partial charge in [0.15, 0.2) is 11.5 Å². The van der Waals surface area contributed by atoms with Gasteiger partial charge in [0.25, 0.3) is 0 Å². The fourth-order valence-corrected chi connectivity index (χ4v) is 1.25. The lowest BCUT2D eigenvalue weighted by Gasteiger charge is -2.11. The zero-order valence-corrected chi connectivity index (χ0v) is 9.12. The van der Waals surface area contributed by atoms with Gasteiger partial charge in [0.2, 0.25) is 0 Å². The van der Waals surface area contributed by atoms with Crippen LogP contribution in [-0.4, -0.2) is 13.2 Å². The molecule has 0 amide bonds. The third-order valence-electron chi connectivity index (χ3n) is 1.82. The van der Waals surface area contributed by atoms with E-state index >= 15 is 0 Å². The highest BCUT2D eigenvalue weighted by Crippen LogP contribution is 2.28. The van der Waals surface area contributed by atoms with Gasteiger partial charge >= 0.3 is 0 Å². The summed E-state index contributed by atoms with van der Waals surface area (Å²) in [5.74, 6) is 1.50. The zero-order chi connectivity index (χ0) is 11.1. The van der Waals surface area contributed by atoms with Crippen molar-refractivity contribution in [3.8, 4) is 11.5 Å². The van der Waals surface area contributed by atoms with Gasteiger partial charge in [-0.15, -0.1) is 0 Å². The van der Waals surface area contributed by atoms with Gasteiger partial charge in [-0.1, -0.05) is 6.07 Å². The molecule has 3 nitrogen and oxygen atoms in total. The van der Waals surface area contributed by atoms with Gasteiger partial charge < -0.3 is 15.2 Å². The highest BCUT2D eigenvalue weighted by molar-refractivity contribution is 5.54. The van der Waals surface area contributed by atoms with Crippen LogP contribution < -0.4 is 15.2 Å². The monoisotopic (exact) mass is 206 g/mol. The lowest BCUT2D eigenvalue weighted by Crippen LogP contribution is -1.98. The Morgan fingerprint density at radius 3 is 2.47 bits per heavy atom. The van der Waals surface area contributed by atoms with Crippen LogP contribution >= 0.6 is 0 Å². The second-order valence-electron chi connectivity index (χ2n) is 2.88. The Kier molecular flexibility index (Phi) is 4.54. The van der Waals surface area contributed by atoms with Crippen molar-refractivity contribution >= 4 is 6.08 Å². The smallest absolute Gasteiger partial charge is 0.161 e. The minimum atomic E-state index is 0.611. The molecule has 2 N–H and O–H groups in total. The molecule has 0 bridgehead atoms. The standard InChI is InChI=1S/C12H16NO2/c1-3-14-11-6-5-10(7-8-13)9-12(11)15-4-2/h5-7,9H,3-4,13H2,1-2H3. The molecule has 0 aliphatic carbocycles. The average molecular weight is 206 g/mol. The predicted molar refractivity (Wildman–Crippen MR) is 60.7 cm³/mol. The maximum Gasteiger partial charge on any atom is 0.161 e. The van der Waals surface area contributed by atoms with Gasteiger partial charge in [-0.25, -0.2) is 0 Å². The van der Waals surface area contributed by atoms with E-state index in [4.69, 9.17) is 15.2 Å². The Hall–Kier alpha value is -1.64. The van der Waals surface area contributed by atoms with Crippen molar-refractivity contribution in [3.05, 3.63) is 30.0 Å². The van der Waals surface area contributed by atoms with Crippen LogP contribution in [0.15, 0.2) is 18.2 Å². The van der Waals surface area contributed by atoms with Crippen molar-refractivity contribution < 1.29 is 9.47 Å². The SMILES string of the molecule is CCOc1ccc(C=[C]N)cc1OCC. The Morgan fingerprint density at radius 2 is 1.87 bits per heavy atom. The van der Waals surface area contributed by atoms with E-state index < -0.39 is 0 Å². The summed E-state index contributed by atoms with van der Waals surface area (Å²) in [5.41, 5.74) is 6.15. The van der Waals surface area contributed by atoms with Crippen LogP contribution in [0, 0.1) is 6.20 Å². The second kappa shape index (κ2) is 5.96. The van der Waals surface area contributed by atoms with E-state index in [1.807, 2.05) is 32.0 Å². The molecule has 1 rings (SSSR count). The number of hydrogen-bond acceptors (Lipinski definition) is 3. The van der Waals surface area contributed by atoms with Crippen molar-refractivity contribution in [1.29, 1.82) is 0 Å². The van der Waals surface area contributed by atoms with Crippen LogP contribution in [0.5, 0.6) is 11.5 Å². The van der Waals surface area contributed by atoms with E-state index in [2.05, 4.69) is 6.20 Å². The molecule has 0 heterocycles. The Morgan fingerprint density at radius 1 is 1.20 bits per heavy atom. The fraction of sp³-hybridized carbons (Fsp3) is 0.333. The molecule has 0 aromatic heterocycles. The van der Waals surface area contributed by atoms with E-state index in [1.54, 1.807) is 6.08 Å². The first-order chi connectivity index (χ1) is 7.31. The van der Waals surface area contributed by atoms with Crippen LogP contribution in [0.4, 0.5) is 0 Å². The number of rotatable bonds is 5. The molecule has 0 aliphatic rings. The molecule has 1 aromatic rings. The molecule has 3 heteroatoms. The summed E-state index contributed by atoms with van der Waals surface area (Å²) in [5, 5.41) is 0. The molecule has 0 spiro atoms. The molecular weight excluding hydrogens is 190 g/mol. The second-order valence-corrected chi connectivity index (χ2v) is 2.88. The van der Waals surface area contributed by atoms with E-state index in [-0.39, 0.29) is 0 Å². The Labute approximate surface area is 90.5 Å². The lowest BCUT2D eigenvalue weighted by molar-refractivity contribution is 0.287. The molecule has 1 aromatic carbocycles. The normalized spacial score (nSPS) is 10.5. The molecule has 0 saturated carbocycles. The van der Waals surface area contributed by atoms with Crippen molar-refractivity contribution in [3.63, 3.8) is 0 Å². The van der Waals surface area contributed by atoms with Crippen molar-refractivity contribution in [2.24, 2.45) is 5.73 Å². The minimum absolute atomic E-state index is 0.611. The summed E-state index contributed by atoms with van der Waals surface area (Å²) in [6, 6.07) is 5.67. The topological polar surface area (TPSA) is 44.5 Å². The Bertz CT molecular complexity index is 334. The molecule has 0 atom stereocenters. The maximum absolute atomic E-state index is 5.46. The van der Waals surface area contributed by atoms with Crippen LogP contribution in [0.3, 0.4) is 0 Å². The number of benzene rings is 1. The van der Waals surface area contributed by atoms with E-state index in [1.165, 1.54) is 0 Å². The van der Waals surface area contributed by atoms with E-state index in [0.717, 1.165) is 17.1 Å². The van der Waals surface area contributed by atoms with E-state index in [9.17, 15) is 0 Å². The Balaban J connectivity index is 2.97. The summed E-state index contributed by atoms with van der Waals surface area (Å²) in [4.78, 5) is 0. The first-order valence-corrected chi connectivity index (χ1v) is 5.00. The average Bonchev–Trinajstić information content (AvgIpc) is 2.23. The summed E-state index contributed by atoms with van der Waals surface area (Å²) in [6.07, 6.45) is 4.18. The molecule has 0 fully saturated rings. The first-order valence-electron chi connectivity index (χ1n) is 5.00. The van der Waals surface area contributed by atoms with Gasteiger partial charge in [-0.05, 0) is 37.6 Å². The summed E-state index contributed by atoms with van der Waals surface area (Å²) < 4.78 is 10.9. The van der Waals surface area contributed by atoms with Gasteiger partial charge in [-0.2, -0.15) is 0 Å². The quantitative estimate of drug-likeness (QED) is 0.751. The number of ether oxygens (including phenoxy) is 2. The first kappa shape index (κ1) is 11.4. The summed E-state index contributed by atoms with van der Waals surface area (Å²) in [7, 11) is 0. The van der Waals surface area contributed by atoms with Crippen molar-refractivity contribution in [2.75, 3.05) is 13.2 Å². The maximum atomic E-state index is 5.46. The molecule has 0 saturated heterocycles. The molecule has 0 aliphatic heterocycles. The van der Waals surface area contributed by atoms with Gasteiger partial charge in [0.05, 0.1) is 19.4 Å². The zero-order valence-electron chi connectivity index (χ0n) is 9.12. The molecule has 81 valence electrons. The lowest BCUT2D eigenvalue weighted by atomic mass is 10.2. The largest absolute Gasteiger partial charge is 0.490 e. The van der Waals surface area contributed by atoms with E-state index in [0.29, 0.717) is 13.2 Å². The number of hydrogen-bond donors (Lipinski definition) is 1. The van der Waals surface area contributed by atoms with Crippen LogP contribution in [0.1, 0.15) is 19.4 Å². The molecule has 1 radical (unpaired) electrons. The van der Waals surface area contributed by atoms with Crippen molar-refractivity contribution in [2.45, 2.75) is 13.8 Å². The predicted octanol–water partition coefficient (Wildman–Crippen LogP) is 2.22. The number of nitrogens with two attached hydrogens (primary N) is 1. The molecule has 15 heavy (non-hydrogen) atoms. The summed E-state index contributed by atoms with van der Waals surface area (Å²) in [6.45, 7) is 5.11. The van der Waals surface area contributed by atoms with Crippen LogP contribution in [0.25, 0.3) is 6.08 Å². The summed E-state index contributed by atoms with van der Waals surface area (Å²) >= 11 is 0. The third-order valence-corrected chi connectivity index (χ3v) is 1.82. The minimum Gasteiger partial charge on any atom is -0.490 e. The molecule has 0 unspecified atom stereocenters. The van der Waals surface area contributed by atoms with Crippen LogP contribution in [0.2, 0.25) is 0 Å². The highest BCUT2D eigenvalue weighted by Gasteiger charge is 2.04. The van der Waals surface area contributed by atoms with Gasteiger partial charge in [0.1, 0.15) is 0 Å². The van der Waals surface area contributed by atoms with Crippen LogP contribution in [-0.2, 0) is 0 Å².